The highest BCUT2D eigenvalue weighted by molar-refractivity contribution is 5.91. The molecule has 1 fully saturated rings. The minimum atomic E-state index is 0.354. The summed E-state index contributed by atoms with van der Waals surface area (Å²) in [6.45, 7) is 0. The predicted octanol–water partition coefficient (Wildman–Crippen LogP) is 7.24. The van der Waals surface area contributed by atoms with Crippen molar-refractivity contribution >= 4 is 11.1 Å². The molecule has 0 amide bonds. The van der Waals surface area contributed by atoms with Crippen LogP contribution in [0.1, 0.15) is 53.9 Å². The topological polar surface area (TPSA) is 0 Å². The summed E-state index contributed by atoms with van der Waals surface area (Å²) in [6.07, 6.45) is 7.66. The molecule has 27 heavy (non-hydrogen) atoms. The molecule has 0 saturated heterocycles. The first-order valence-electron chi connectivity index (χ1n) is 10.1. The van der Waals surface area contributed by atoms with Crippen LogP contribution in [0.5, 0.6) is 0 Å². The number of rotatable bonds is 3. The van der Waals surface area contributed by atoms with Gasteiger partial charge in [-0.2, -0.15) is 0 Å². The van der Waals surface area contributed by atoms with E-state index in [4.69, 9.17) is 0 Å². The molecule has 132 valence electrons. The van der Waals surface area contributed by atoms with Crippen LogP contribution >= 0.6 is 0 Å². The molecule has 1 unspecified atom stereocenters. The summed E-state index contributed by atoms with van der Waals surface area (Å²) < 4.78 is 0. The highest BCUT2D eigenvalue weighted by Crippen LogP contribution is 2.48. The Morgan fingerprint density at radius 1 is 0.667 bits per heavy atom. The van der Waals surface area contributed by atoms with Gasteiger partial charge in [-0.15, -0.1) is 0 Å². The van der Waals surface area contributed by atoms with Gasteiger partial charge in [0.2, 0.25) is 0 Å². The maximum atomic E-state index is 2.51. The normalized spacial score (nSPS) is 18.3. The molecule has 0 spiro atoms. The average Bonchev–Trinajstić information content (AvgIpc) is 3.39. The van der Waals surface area contributed by atoms with Gasteiger partial charge in [-0.3, -0.25) is 0 Å². The molecule has 1 saturated carbocycles. The zero-order valence-corrected chi connectivity index (χ0v) is 15.6. The summed E-state index contributed by atoms with van der Waals surface area (Å²) in [7, 11) is 0. The van der Waals surface area contributed by atoms with Crippen molar-refractivity contribution in [3.63, 3.8) is 0 Å². The van der Waals surface area contributed by atoms with Crippen LogP contribution in [0.3, 0.4) is 0 Å². The highest BCUT2D eigenvalue weighted by Gasteiger charge is 2.29. The Kier molecular flexibility index (Phi) is 4.26. The zero-order chi connectivity index (χ0) is 18.1. The van der Waals surface area contributed by atoms with E-state index in [1.165, 1.54) is 53.5 Å². The van der Waals surface area contributed by atoms with E-state index in [9.17, 15) is 0 Å². The minimum absolute atomic E-state index is 0.354. The minimum Gasteiger partial charge on any atom is -0.0655 e. The predicted molar refractivity (Wildman–Crippen MR) is 115 cm³/mol. The van der Waals surface area contributed by atoms with E-state index in [1.807, 2.05) is 0 Å². The summed E-state index contributed by atoms with van der Waals surface area (Å²) in [4.78, 5) is 0. The second kappa shape index (κ2) is 7.04. The van der Waals surface area contributed by atoms with Crippen molar-refractivity contribution in [1.82, 2.24) is 0 Å². The SMILES string of the molecule is C1=C(c2ccccc2)c2ccccc2C1C(=C1CCCC1)c1ccccc1. The van der Waals surface area contributed by atoms with Gasteiger partial charge in [0.15, 0.2) is 0 Å². The van der Waals surface area contributed by atoms with E-state index in [1.54, 1.807) is 11.1 Å². The molecule has 0 heteroatoms. The average molecular weight is 348 g/mol. The van der Waals surface area contributed by atoms with Gasteiger partial charge in [-0.25, -0.2) is 0 Å². The fourth-order valence-corrected chi connectivity index (χ4v) is 4.76. The van der Waals surface area contributed by atoms with E-state index >= 15 is 0 Å². The van der Waals surface area contributed by atoms with Gasteiger partial charge in [0.25, 0.3) is 0 Å². The van der Waals surface area contributed by atoms with E-state index in [0.717, 1.165) is 0 Å². The van der Waals surface area contributed by atoms with Gasteiger partial charge in [0, 0.05) is 5.92 Å². The van der Waals surface area contributed by atoms with E-state index in [2.05, 4.69) is 91.0 Å². The van der Waals surface area contributed by atoms with Gasteiger partial charge >= 0.3 is 0 Å². The third kappa shape index (κ3) is 2.96. The van der Waals surface area contributed by atoms with E-state index in [-0.39, 0.29) is 0 Å². The Morgan fingerprint density at radius 2 is 1.30 bits per heavy atom. The van der Waals surface area contributed by atoms with Crippen LogP contribution in [-0.4, -0.2) is 0 Å². The second-order valence-electron chi connectivity index (χ2n) is 7.60. The van der Waals surface area contributed by atoms with E-state index in [0.29, 0.717) is 5.92 Å². The van der Waals surface area contributed by atoms with E-state index < -0.39 is 0 Å². The van der Waals surface area contributed by atoms with Crippen molar-refractivity contribution in [2.45, 2.75) is 31.6 Å². The smallest absolute Gasteiger partial charge is 0.0290 e. The van der Waals surface area contributed by atoms with Crippen molar-refractivity contribution in [3.05, 3.63) is 119 Å². The third-order valence-corrected chi connectivity index (χ3v) is 5.99. The number of allylic oxidation sites excluding steroid dienone is 3. The molecule has 0 aliphatic heterocycles. The van der Waals surface area contributed by atoms with Crippen LogP contribution in [0.2, 0.25) is 0 Å². The molecule has 0 aromatic heterocycles. The van der Waals surface area contributed by atoms with Crippen molar-refractivity contribution < 1.29 is 0 Å². The molecular formula is C27H24. The van der Waals surface area contributed by atoms with Crippen LogP contribution in [-0.2, 0) is 0 Å². The van der Waals surface area contributed by atoms with Crippen LogP contribution in [0.15, 0.2) is 96.6 Å². The number of hydrogen-bond acceptors (Lipinski definition) is 0. The fraction of sp³-hybridized carbons (Fsp3) is 0.185. The maximum absolute atomic E-state index is 2.51. The Hall–Kier alpha value is -2.86. The lowest BCUT2D eigenvalue weighted by Gasteiger charge is -2.19. The van der Waals surface area contributed by atoms with Crippen molar-refractivity contribution in [3.8, 4) is 0 Å². The van der Waals surface area contributed by atoms with Crippen LogP contribution in [0.25, 0.3) is 11.1 Å². The first-order chi connectivity index (χ1) is 13.4. The van der Waals surface area contributed by atoms with Gasteiger partial charge in [-0.05, 0) is 59.1 Å². The fourth-order valence-electron chi connectivity index (χ4n) is 4.76. The number of fused-ring (bicyclic) bond motifs is 1. The van der Waals surface area contributed by atoms with Crippen molar-refractivity contribution in [2.24, 2.45) is 0 Å². The molecule has 0 radical (unpaired) electrons. The molecule has 0 N–H and O–H groups in total. The first kappa shape index (κ1) is 16.3. The molecule has 0 heterocycles. The summed E-state index contributed by atoms with van der Waals surface area (Å²) in [5.41, 5.74) is 10.1. The number of benzene rings is 3. The van der Waals surface area contributed by atoms with Gasteiger partial charge in [-0.1, -0.05) is 96.6 Å². The van der Waals surface area contributed by atoms with Crippen molar-refractivity contribution in [1.29, 1.82) is 0 Å². The Bertz CT molecular complexity index is 998. The zero-order valence-electron chi connectivity index (χ0n) is 15.6. The standard InChI is InChI=1S/C27H24/c1-3-11-20(12-4-1)25-19-26(24-18-10-9-17-23(24)25)27(22-15-7-8-16-22)21-13-5-2-6-14-21/h1-6,9-14,17-19,26H,7-8,15-16H2. The summed E-state index contributed by atoms with van der Waals surface area (Å²) in [5.74, 6) is 0.354. The molecule has 2 aliphatic carbocycles. The lowest BCUT2D eigenvalue weighted by atomic mass is 9.84. The lowest BCUT2D eigenvalue weighted by Crippen LogP contribution is -2.00. The first-order valence-corrected chi connectivity index (χ1v) is 10.1. The summed E-state index contributed by atoms with van der Waals surface area (Å²) in [6, 6.07) is 30.9. The van der Waals surface area contributed by atoms with Crippen molar-refractivity contribution in [2.75, 3.05) is 0 Å². The summed E-state index contributed by atoms with van der Waals surface area (Å²) >= 11 is 0. The molecular weight excluding hydrogens is 324 g/mol. The van der Waals surface area contributed by atoms with Gasteiger partial charge in [0.1, 0.15) is 0 Å². The molecule has 0 bridgehead atoms. The largest absolute Gasteiger partial charge is 0.0655 e. The lowest BCUT2D eigenvalue weighted by molar-refractivity contribution is 0.886. The molecule has 2 aliphatic rings. The van der Waals surface area contributed by atoms with Gasteiger partial charge in [0.05, 0.1) is 0 Å². The quantitative estimate of drug-likeness (QED) is 0.468. The maximum Gasteiger partial charge on any atom is 0.0290 e. The Labute approximate surface area is 161 Å². The Morgan fingerprint density at radius 3 is 2.04 bits per heavy atom. The van der Waals surface area contributed by atoms with Crippen LogP contribution in [0, 0.1) is 0 Å². The Balaban J connectivity index is 1.71. The monoisotopic (exact) mass is 348 g/mol. The van der Waals surface area contributed by atoms with Crippen LogP contribution < -0.4 is 0 Å². The third-order valence-electron chi connectivity index (χ3n) is 5.99. The molecule has 1 atom stereocenters. The van der Waals surface area contributed by atoms with Crippen LogP contribution in [0.4, 0.5) is 0 Å². The van der Waals surface area contributed by atoms with Gasteiger partial charge < -0.3 is 0 Å². The number of hydrogen-bond donors (Lipinski definition) is 0. The summed E-state index contributed by atoms with van der Waals surface area (Å²) in [5, 5.41) is 0. The molecule has 5 rings (SSSR count). The second-order valence-corrected chi connectivity index (χ2v) is 7.60. The molecule has 3 aromatic carbocycles. The molecule has 0 nitrogen and oxygen atoms in total. The highest BCUT2D eigenvalue weighted by atomic mass is 14.3. The molecule has 3 aromatic rings.